The molecule has 1 saturated heterocycles. The van der Waals surface area contributed by atoms with Gasteiger partial charge in [-0.3, -0.25) is 4.90 Å². The van der Waals surface area contributed by atoms with Crippen LogP contribution in [0, 0.1) is 5.92 Å². The third-order valence-corrected chi connectivity index (χ3v) is 3.77. The van der Waals surface area contributed by atoms with Crippen molar-refractivity contribution in [1.29, 1.82) is 0 Å². The van der Waals surface area contributed by atoms with Crippen molar-refractivity contribution >= 4 is 12.6 Å². The highest BCUT2D eigenvalue weighted by atomic mass is 32.1. The van der Waals surface area contributed by atoms with Gasteiger partial charge in [-0.1, -0.05) is 6.92 Å². The summed E-state index contributed by atoms with van der Waals surface area (Å²) < 4.78 is 0. The molecule has 13 heavy (non-hydrogen) atoms. The maximum Gasteiger partial charge on any atom is 0.0730 e. The predicted molar refractivity (Wildman–Crippen MR) is 59.3 cm³/mol. The van der Waals surface area contributed by atoms with Gasteiger partial charge < -0.3 is 5.11 Å². The molecule has 2 nitrogen and oxygen atoms in total. The highest BCUT2D eigenvalue weighted by molar-refractivity contribution is 7.80. The van der Waals surface area contributed by atoms with E-state index in [1.807, 2.05) is 0 Å². The maximum absolute atomic E-state index is 9.75. The van der Waals surface area contributed by atoms with E-state index in [9.17, 15) is 5.11 Å². The van der Waals surface area contributed by atoms with Gasteiger partial charge in [0.25, 0.3) is 0 Å². The summed E-state index contributed by atoms with van der Waals surface area (Å²) in [6.07, 6.45) is 0.742. The lowest BCUT2D eigenvalue weighted by molar-refractivity contribution is 0.0492. The molecule has 0 aliphatic carbocycles. The van der Waals surface area contributed by atoms with E-state index in [1.165, 1.54) is 0 Å². The number of hydrogen-bond donors (Lipinski definition) is 2. The van der Waals surface area contributed by atoms with E-state index in [0.29, 0.717) is 5.92 Å². The Kier molecular flexibility index (Phi) is 3.66. The van der Waals surface area contributed by atoms with Crippen molar-refractivity contribution in [2.45, 2.75) is 38.8 Å². The molecule has 0 saturated carbocycles. The van der Waals surface area contributed by atoms with Gasteiger partial charge in [-0.15, -0.1) is 0 Å². The van der Waals surface area contributed by atoms with E-state index < -0.39 is 0 Å². The summed E-state index contributed by atoms with van der Waals surface area (Å²) in [7, 11) is 0. The minimum Gasteiger partial charge on any atom is -0.391 e. The predicted octanol–water partition coefficient (Wildman–Crippen LogP) is 1.40. The van der Waals surface area contributed by atoms with Crippen LogP contribution in [-0.4, -0.2) is 40.5 Å². The molecule has 1 aliphatic heterocycles. The van der Waals surface area contributed by atoms with Crippen molar-refractivity contribution in [3.05, 3.63) is 0 Å². The third kappa shape index (κ3) is 2.39. The molecule has 1 rings (SSSR count). The fourth-order valence-electron chi connectivity index (χ4n) is 1.89. The number of aliphatic hydroxyl groups excluding tert-OH is 1. The van der Waals surface area contributed by atoms with Crippen molar-refractivity contribution in [2.24, 2.45) is 5.92 Å². The topological polar surface area (TPSA) is 23.5 Å². The summed E-state index contributed by atoms with van der Waals surface area (Å²) in [6, 6.07) is 0. The maximum atomic E-state index is 9.75. The molecule has 0 bridgehead atoms. The van der Waals surface area contributed by atoms with Gasteiger partial charge in [0.05, 0.1) is 6.10 Å². The molecule has 0 aromatic carbocycles. The zero-order valence-corrected chi connectivity index (χ0v) is 9.72. The third-order valence-electron chi connectivity index (χ3n) is 3.15. The second-order valence-electron chi connectivity index (χ2n) is 4.69. The normalized spacial score (nSPS) is 30.7. The lowest BCUT2D eigenvalue weighted by Gasteiger charge is -2.35. The van der Waals surface area contributed by atoms with Gasteiger partial charge in [-0.05, 0) is 31.9 Å². The average molecular weight is 203 g/mol. The second-order valence-corrected chi connectivity index (χ2v) is 5.06. The van der Waals surface area contributed by atoms with Crippen LogP contribution in [0.4, 0.5) is 0 Å². The van der Waals surface area contributed by atoms with E-state index in [0.717, 1.165) is 25.3 Å². The molecular formula is C10H21NOS. The molecular weight excluding hydrogens is 182 g/mol. The van der Waals surface area contributed by atoms with Crippen molar-refractivity contribution in [2.75, 3.05) is 18.8 Å². The SMILES string of the molecule is CC(CS)CN1CCC(O)C1(C)C. The Balaban J connectivity index is 2.52. The molecule has 3 heteroatoms. The largest absolute Gasteiger partial charge is 0.391 e. The number of hydrogen-bond acceptors (Lipinski definition) is 3. The van der Waals surface area contributed by atoms with Gasteiger partial charge in [-0.2, -0.15) is 12.6 Å². The van der Waals surface area contributed by atoms with E-state index >= 15 is 0 Å². The molecule has 2 unspecified atom stereocenters. The summed E-state index contributed by atoms with van der Waals surface area (Å²) >= 11 is 4.28. The Morgan fingerprint density at radius 3 is 2.62 bits per heavy atom. The van der Waals surface area contributed by atoms with Crippen LogP contribution in [0.15, 0.2) is 0 Å². The van der Waals surface area contributed by atoms with Gasteiger partial charge in [0, 0.05) is 18.6 Å². The first-order chi connectivity index (χ1) is 5.98. The van der Waals surface area contributed by atoms with Crippen LogP contribution in [0.5, 0.6) is 0 Å². The number of rotatable bonds is 3. The van der Waals surface area contributed by atoms with Crippen LogP contribution in [-0.2, 0) is 0 Å². The van der Waals surface area contributed by atoms with Crippen molar-refractivity contribution in [3.8, 4) is 0 Å². The molecule has 1 N–H and O–H groups in total. The Morgan fingerprint density at radius 2 is 2.23 bits per heavy atom. The van der Waals surface area contributed by atoms with E-state index in [4.69, 9.17) is 0 Å². The Morgan fingerprint density at radius 1 is 1.62 bits per heavy atom. The average Bonchev–Trinajstić information content (AvgIpc) is 2.31. The Bertz CT molecular complexity index is 172. The summed E-state index contributed by atoms with van der Waals surface area (Å²) in [5, 5.41) is 9.75. The molecule has 0 spiro atoms. The lowest BCUT2D eigenvalue weighted by Crippen LogP contribution is -2.46. The fourth-order valence-corrected chi connectivity index (χ4v) is 2.01. The molecule has 0 amide bonds. The van der Waals surface area contributed by atoms with Crippen LogP contribution in [0.3, 0.4) is 0 Å². The van der Waals surface area contributed by atoms with Gasteiger partial charge >= 0.3 is 0 Å². The van der Waals surface area contributed by atoms with Crippen LogP contribution >= 0.6 is 12.6 Å². The summed E-state index contributed by atoms with van der Waals surface area (Å²) in [5.74, 6) is 1.52. The highest BCUT2D eigenvalue weighted by Crippen LogP contribution is 2.29. The van der Waals surface area contributed by atoms with Gasteiger partial charge in [0.1, 0.15) is 0 Å². The van der Waals surface area contributed by atoms with Crippen LogP contribution in [0.2, 0.25) is 0 Å². The number of likely N-dealkylation sites (tertiary alicyclic amines) is 1. The molecule has 2 atom stereocenters. The van der Waals surface area contributed by atoms with E-state index in [1.54, 1.807) is 0 Å². The van der Waals surface area contributed by atoms with Gasteiger partial charge in [0.2, 0.25) is 0 Å². The van der Waals surface area contributed by atoms with E-state index in [-0.39, 0.29) is 11.6 Å². The van der Waals surface area contributed by atoms with Crippen LogP contribution in [0.25, 0.3) is 0 Å². The summed E-state index contributed by atoms with van der Waals surface area (Å²) in [6.45, 7) is 8.51. The lowest BCUT2D eigenvalue weighted by atomic mass is 9.98. The molecule has 0 aromatic rings. The first-order valence-electron chi connectivity index (χ1n) is 5.02. The monoisotopic (exact) mass is 203 g/mol. The van der Waals surface area contributed by atoms with Crippen LogP contribution in [0.1, 0.15) is 27.2 Å². The quantitative estimate of drug-likeness (QED) is 0.677. The minimum absolute atomic E-state index is 0.0444. The highest BCUT2D eigenvalue weighted by Gasteiger charge is 2.40. The first-order valence-corrected chi connectivity index (χ1v) is 5.65. The van der Waals surface area contributed by atoms with Crippen molar-refractivity contribution < 1.29 is 5.11 Å². The van der Waals surface area contributed by atoms with Gasteiger partial charge in [-0.25, -0.2) is 0 Å². The van der Waals surface area contributed by atoms with E-state index in [2.05, 4.69) is 38.3 Å². The first kappa shape index (κ1) is 11.3. The second kappa shape index (κ2) is 4.20. The molecule has 1 fully saturated rings. The zero-order chi connectivity index (χ0) is 10.1. The summed E-state index contributed by atoms with van der Waals surface area (Å²) in [5.41, 5.74) is -0.0444. The molecule has 78 valence electrons. The number of aliphatic hydroxyl groups is 1. The van der Waals surface area contributed by atoms with Crippen molar-refractivity contribution in [1.82, 2.24) is 4.90 Å². The fraction of sp³-hybridized carbons (Fsp3) is 1.00. The van der Waals surface area contributed by atoms with Crippen molar-refractivity contribution in [3.63, 3.8) is 0 Å². The van der Waals surface area contributed by atoms with Gasteiger partial charge in [0.15, 0.2) is 0 Å². The molecule has 1 heterocycles. The Labute approximate surface area is 86.7 Å². The Hall–Kier alpha value is 0.270. The molecule has 0 aromatic heterocycles. The molecule has 0 radical (unpaired) electrons. The number of thiol groups is 1. The zero-order valence-electron chi connectivity index (χ0n) is 8.82. The smallest absolute Gasteiger partial charge is 0.0730 e. The number of nitrogens with zero attached hydrogens (tertiary/aromatic N) is 1. The minimum atomic E-state index is -0.167. The van der Waals surface area contributed by atoms with Crippen LogP contribution < -0.4 is 0 Å². The summed E-state index contributed by atoms with van der Waals surface area (Å²) in [4.78, 5) is 2.37. The molecule has 1 aliphatic rings. The standard InChI is InChI=1S/C10H21NOS/c1-8(7-13)6-11-5-4-9(12)10(11,2)3/h8-9,12-13H,4-7H2,1-3H3.